The van der Waals surface area contributed by atoms with Crippen molar-refractivity contribution in [3.8, 4) is 0 Å². The van der Waals surface area contributed by atoms with Crippen LogP contribution in [0.2, 0.25) is 0 Å². The minimum absolute atomic E-state index is 0.0551. The standard InChI is InChI=1S/C19H21NO2/c1-15-18(13-12-16-8-4-2-5-9-16)20(19(15)21)22-14-17-10-6-3-7-11-17/h2-11,15,18H,12-14H2,1H3/t15-,18+/m0/s1. The summed E-state index contributed by atoms with van der Waals surface area (Å²) in [6.07, 6.45) is 1.90. The lowest BCUT2D eigenvalue weighted by Gasteiger charge is -2.44. The normalized spacial score (nSPS) is 20.8. The number of aryl methyl sites for hydroxylation is 1. The van der Waals surface area contributed by atoms with Crippen LogP contribution in [0.5, 0.6) is 0 Å². The Labute approximate surface area is 131 Å². The van der Waals surface area contributed by atoms with E-state index >= 15 is 0 Å². The molecule has 3 heteroatoms. The molecule has 114 valence electrons. The lowest BCUT2D eigenvalue weighted by molar-refractivity contribution is -0.247. The molecule has 0 aliphatic carbocycles. The van der Waals surface area contributed by atoms with E-state index in [4.69, 9.17) is 4.84 Å². The van der Waals surface area contributed by atoms with Gasteiger partial charge in [-0.15, -0.1) is 0 Å². The van der Waals surface area contributed by atoms with Gasteiger partial charge in [-0.1, -0.05) is 67.6 Å². The number of rotatable bonds is 6. The van der Waals surface area contributed by atoms with Crippen molar-refractivity contribution in [3.63, 3.8) is 0 Å². The van der Waals surface area contributed by atoms with Gasteiger partial charge in [0.25, 0.3) is 5.91 Å². The molecule has 1 amide bonds. The number of hydrogen-bond donors (Lipinski definition) is 0. The zero-order chi connectivity index (χ0) is 15.4. The summed E-state index contributed by atoms with van der Waals surface area (Å²) in [6.45, 7) is 2.43. The molecule has 0 unspecified atom stereocenters. The molecular formula is C19H21NO2. The van der Waals surface area contributed by atoms with E-state index in [-0.39, 0.29) is 17.9 Å². The lowest BCUT2D eigenvalue weighted by Crippen LogP contribution is -2.59. The molecule has 0 radical (unpaired) electrons. The number of hydroxylamine groups is 2. The van der Waals surface area contributed by atoms with Crippen molar-refractivity contribution in [2.24, 2.45) is 5.92 Å². The molecule has 1 aliphatic rings. The van der Waals surface area contributed by atoms with Crippen LogP contribution in [0.25, 0.3) is 0 Å². The zero-order valence-electron chi connectivity index (χ0n) is 12.8. The van der Waals surface area contributed by atoms with Crippen molar-refractivity contribution in [3.05, 3.63) is 71.8 Å². The number of carbonyl (C=O) groups excluding carboxylic acids is 1. The molecule has 2 atom stereocenters. The van der Waals surface area contributed by atoms with Gasteiger partial charge in [0.2, 0.25) is 0 Å². The van der Waals surface area contributed by atoms with Gasteiger partial charge in [0.1, 0.15) is 6.61 Å². The van der Waals surface area contributed by atoms with Crippen molar-refractivity contribution in [2.45, 2.75) is 32.4 Å². The van der Waals surface area contributed by atoms with Crippen molar-refractivity contribution in [1.82, 2.24) is 5.06 Å². The molecule has 3 rings (SSSR count). The Hall–Kier alpha value is -2.13. The fourth-order valence-corrected chi connectivity index (χ4v) is 2.85. The molecule has 22 heavy (non-hydrogen) atoms. The molecular weight excluding hydrogens is 274 g/mol. The van der Waals surface area contributed by atoms with Gasteiger partial charge in [-0.05, 0) is 24.0 Å². The maximum Gasteiger partial charge on any atom is 0.251 e. The van der Waals surface area contributed by atoms with Gasteiger partial charge in [0, 0.05) is 0 Å². The molecule has 0 saturated carbocycles. The molecule has 1 heterocycles. The maximum absolute atomic E-state index is 12.0. The second-order valence-electron chi connectivity index (χ2n) is 5.80. The van der Waals surface area contributed by atoms with Gasteiger partial charge in [-0.2, -0.15) is 0 Å². The highest BCUT2D eigenvalue weighted by Gasteiger charge is 2.44. The van der Waals surface area contributed by atoms with Crippen LogP contribution in [0.15, 0.2) is 60.7 Å². The van der Waals surface area contributed by atoms with Crippen molar-refractivity contribution >= 4 is 5.91 Å². The van der Waals surface area contributed by atoms with E-state index in [0.717, 1.165) is 18.4 Å². The van der Waals surface area contributed by atoms with Crippen LogP contribution in [0.4, 0.5) is 0 Å². The second kappa shape index (κ2) is 6.75. The summed E-state index contributed by atoms with van der Waals surface area (Å²) in [5.74, 6) is 0.147. The van der Waals surface area contributed by atoms with Gasteiger partial charge in [-0.25, -0.2) is 5.06 Å². The van der Waals surface area contributed by atoms with Gasteiger partial charge in [0.05, 0.1) is 12.0 Å². The molecule has 0 aromatic heterocycles. The van der Waals surface area contributed by atoms with Crippen LogP contribution < -0.4 is 0 Å². The van der Waals surface area contributed by atoms with E-state index in [1.165, 1.54) is 5.56 Å². The predicted octanol–water partition coefficient (Wildman–Crippen LogP) is 3.60. The Morgan fingerprint density at radius 3 is 2.18 bits per heavy atom. The quantitative estimate of drug-likeness (QED) is 0.762. The highest BCUT2D eigenvalue weighted by atomic mass is 16.7. The summed E-state index contributed by atoms with van der Waals surface area (Å²) < 4.78 is 0. The van der Waals surface area contributed by atoms with Gasteiger partial charge in [-0.3, -0.25) is 9.63 Å². The van der Waals surface area contributed by atoms with Crippen LogP contribution >= 0.6 is 0 Å². The molecule has 0 bridgehead atoms. The number of amides is 1. The Morgan fingerprint density at radius 1 is 0.955 bits per heavy atom. The molecule has 2 aromatic carbocycles. The monoisotopic (exact) mass is 295 g/mol. The van der Waals surface area contributed by atoms with E-state index < -0.39 is 0 Å². The zero-order valence-corrected chi connectivity index (χ0v) is 12.8. The summed E-state index contributed by atoms with van der Waals surface area (Å²) in [7, 11) is 0. The second-order valence-corrected chi connectivity index (χ2v) is 5.80. The van der Waals surface area contributed by atoms with Crippen molar-refractivity contribution < 1.29 is 9.63 Å². The minimum Gasteiger partial charge on any atom is -0.272 e. The van der Waals surface area contributed by atoms with Gasteiger partial charge in [0.15, 0.2) is 0 Å². The highest BCUT2D eigenvalue weighted by Crippen LogP contribution is 2.30. The number of β-lactam (4-membered cyclic amide) rings is 1. The van der Waals surface area contributed by atoms with E-state index in [0.29, 0.717) is 6.61 Å². The van der Waals surface area contributed by atoms with E-state index in [2.05, 4.69) is 12.1 Å². The average molecular weight is 295 g/mol. The predicted molar refractivity (Wildman–Crippen MR) is 85.8 cm³/mol. The summed E-state index contributed by atoms with van der Waals surface area (Å²) in [5, 5.41) is 1.57. The third-order valence-corrected chi connectivity index (χ3v) is 4.27. The van der Waals surface area contributed by atoms with Crippen LogP contribution in [0.1, 0.15) is 24.5 Å². The summed E-state index contributed by atoms with van der Waals surface area (Å²) >= 11 is 0. The van der Waals surface area contributed by atoms with E-state index in [9.17, 15) is 4.79 Å². The van der Waals surface area contributed by atoms with Crippen LogP contribution in [-0.2, 0) is 22.7 Å². The molecule has 2 aromatic rings. The number of hydrogen-bond acceptors (Lipinski definition) is 2. The summed E-state index contributed by atoms with van der Waals surface area (Å²) in [6, 6.07) is 20.5. The Kier molecular flexibility index (Phi) is 4.54. The molecule has 1 aliphatic heterocycles. The van der Waals surface area contributed by atoms with E-state index in [1.54, 1.807) is 5.06 Å². The maximum atomic E-state index is 12.0. The molecule has 3 nitrogen and oxygen atoms in total. The van der Waals surface area contributed by atoms with Gasteiger partial charge < -0.3 is 0 Å². The Balaban J connectivity index is 1.55. The van der Waals surface area contributed by atoms with E-state index in [1.807, 2.05) is 55.5 Å². The van der Waals surface area contributed by atoms with Crippen molar-refractivity contribution in [2.75, 3.05) is 0 Å². The topological polar surface area (TPSA) is 29.5 Å². The first-order valence-corrected chi connectivity index (χ1v) is 7.79. The molecule has 0 N–H and O–H groups in total. The third kappa shape index (κ3) is 3.20. The Morgan fingerprint density at radius 2 is 1.55 bits per heavy atom. The number of carbonyl (C=O) groups is 1. The average Bonchev–Trinajstić information content (AvgIpc) is 2.58. The van der Waals surface area contributed by atoms with Crippen LogP contribution in [-0.4, -0.2) is 17.0 Å². The SMILES string of the molecule is C[C@@H]1C(=O)N(OCc2ccccc2)[C@@H]1CCc1ccccc1. The highest BCUT2D eigenvalue weighted by molar-refractivity contribution is 5.84. The summed E-state index contributed by atoms with van der Waals surface area (Å²) in [5.41, 5.74) is 2.38. The minimum atomic E-state index is 0.0551. The fourth-order valence-electron chi connectivity index (χ4n) is 2.85. The molecule has 1 fully saturated rings. The first kappa shape index (κ1) is 14.8. The number of nitrogens with zero attached hydrogens (tertiary/aromatic N) is 1. The summed E-state index contributed by atoms with van der Waals surface area (Å²) in [4.78, 5) is 17.7. The Bertz CT molecular complexity index is 612. The van der Waals surface area contributed by atoms with Crippen LogP contribution in [0.3, 0.4) is 0 Å². The first-order valence-electron chi connectivity index (χ1n) is 7.79. The smallest absolute Gasteiger partial charge is 0.251 e. The molecule has 0 spiro atoms. The van der Waals surface area contributed by atoms with Crippen LogP contribution in [0, 0.1) is 5.92 Å². The van der Waals surface area contributed by atoms with Gasteiger partial charge >= 0.3 is 0 Å². The first-order chi connectivity index (χ1) is 10.8. The third-order valence-electron chi connectivity index (χ3n) is 4.27. The van der Waals surface area contributed by atoms with Crippen molar-refractivity contribution in [1.29, 1.82) is 0 Å². The lowest BCUT2D eigenvalue weighted by atomic mass is 9.87. The number of benzene rings is 2. The fraction of sp³-hybridized carbons (Fsp3) is 0.316. The molecule has 1 saturated heterocycles. The largest absolute Gasteiger partial charge is 0.272 e.